The van der Waals surface area contributed by atoms with Gasteiger partial charge in [0.15, 0.2) is 0 Å². The SMILES string of the molecule is CC(=O)CCOCCOCCNC(=O)CCC(NC(=O)CC(=O)CC(CCC(=O)O)C(=O)O)C(=O)O. The summed E-state index contributed by atoms with van der Waals surface area (Å²) in [5, 5.41) is 31.6. The number of nitrogens with one attached hydrogen (secondary N) is 2. The Kier molecular flexibility index (Phi) is 17.1. The Morgan fingerprint density at radius 1 is 0.750 bits per heavy atom. The lowest BCUT2D eigenvalue weighted by Gasteiger charge is -2.15. The van der Waals surface area contributed by atoms with Crippen LogP contribution in [0.5, 0.6) is 0 Å². The minimum absolute atomic E-state index is 0.0238. The zero-order valence-electron chi connectivity index (χ0n) is 20.2. The molecule has 0 aliphatic rings. The van der Waals surface area contributed by atoms with Crippen molar-refractivity contribution >= 4 is 41.3 Å². The second-order valence-corrected chi connectivity index (χ2v) is 7.91. The van der Waals surface area contributed by atoms with Gasteiger partial charge in [0.1, 0.15) is 17.6 Å². The van der Waals surface area contributed by atoms with Crippen molar-refractivity contribution in [2.45, 2.75) is 57.9 Å². The van der Waals surface area contributed by atoms with Crippen LogP contribution in [0.3, 0.4) is 0 Å². The molecule has 0 saturated carbocycles. The molecule has 0 rings (SSSR count). The molecule has 0 aromatic heterocycles. The van der Waals surface area contributed by atoms with Crippen molar-refractivity contribution in [2.24, 2.45) is 5.92 Å². The van der Waals surface area contributed by atoms with E-state index in [0.29, 0.717) is 19.6 Å². The van der Waals surface area contributed by atoms with E-state index in [0.717, 1.165) is 0 Å². The van der Waals surface area contributed by atoms with Crippen LogP contribution < -0.4 is 10.6 Å². The van der Waals surface area contributed by atoms with E-state index in [2.05, 4.69) is 10.6 Å². The number of hydrogen-bond acceptors (Lipinski definition) is 9. The Morgan fingerprint density at radius 3 is 1.94 bits per heavy atom. The number of aliphatic carboxylic acids is 3. The number of carboxylic acid groups (broad SMARTS) is 3. The van der Waals surface area contributed by atoms with E-state index in [-0.39, 0.29) is 44.8 Å². The number of hydrogen-bond donors (Lipinski definition) is 5. The van der Waals surface area contributed by atoms with E-state index in [4.69, 9.17) is 19.7 Å². The highest BCUT2D eigenvalue weighted by Crippen LogP contribution is 2.13. The molecule has 0 spiro atoms. The number of amides is 2. The molecule has 2 atom stereocenters. The third-order valence-corrected chi connectivity index (χ3v) is 4.72. The van der Waals surface area contributed by atoms with Gasteiger partial charge in [0.25, 0.3) is 0 Å². The van der Waals surface area contributed by atoms with Crippen molar-refractivity contribution in [3.63, 3.8) is 0 Å². The third-order valence-electron chi connectivity index (χ3n) is 4.72. The van der Waals surface area contributed by atoms with Crippen LogP contribution in [0.25, 0.3) is 0 Å². The normalized spacial score (nSPS) is 12.2. The molecule has 0 fully saturated rings. The molecule has 0 radical (unpaired) electrons. The van der Waals surface area contributed by atoms with E-state index < -0.39 is 66.7 Å². The number of Topliss-reactive ketones (excluding diaryl/α,β-unsaturated/α-hetero) is 2. The highest BCUT2D eigenvalue weighted by Gasteiger charge is 2.25. The second kappa shape index (κ2) is 18.9. The Balaban J connectivity index is 4.26. The Hall–Kier alpha value is -3.39. The van der Waals surface area contributed by atoms with Gasteiger partial charge >= 0.3 is 17.9 Å². The number of carbonyl (C=O) groups excluding carboxylic acids is 4. The van der Waals surface area contributed by atoms with E-state index in [1.165, 1.54) is 6.92 Å². The minimum atomic E-state index is -1.44. The highest BCUT2D eigenvalue weighted by molar-refractivity contribution is 6.00. The third kappa shape index (κ3) is 18.0. The lowest BCUT2D eigenvalue weighted by Crippen LogP contribution is -2.42. The molecule has 0 bridgehead atoms. The van der Waals surface area contributed by atoms with E-state index in [1.807, 2.05) is 0 Å². The fourth-order valence-electron chi connectivity index (χ4n) is 2.80. The van der Waals surface area contributed by atoms with Crippen LogP contribution in [0.1, 0.15) is 51.9 Å². The lowest BCUT2D eigenvalue weighted by molar-refractivity contribution is -0.145. The van der Waals surface area contributed by atoms with Crippen molar-refractivity contribution in [3.8, 4) is 0 Å². The summed E-state index contributed by atoms with van der Waals surface area (Å²) in [6.07, 6.45) is -2.24. The van der Waals surface area contributed by atoms with Crippen LogP contribution in [0.2, 0.25) is 0 Å². The molecule has 204 valence electrons. The number of ketones is 2. The molecule has 0 aliphatic heterocycles. The van der Waals surface area contributed by atoms with Gasteiger partial charge in [-0.1, -0.05) is 0 Å². The number of rotatable bonds is 22. The maximum atomic E-state index is 12.0. The van der Waals surface area contributed by atoms with Crippen molar-refractivity contribution in [1.29, 1.82) is 0 Å². The van der Waals surface area contributed by atoms with E-state index in [9.17, 15) is 38.7 Å². The first kappa shape index (κ1) is 32.6. The number of carbonyl (C=O) groups is 7. The topological polar surface area (TPSA) is 223 Å². The molecule has 0 saturated heterocycles. The highest BCUT2D eigenvalue weighted by atomic mass is 16.5. The maximum absolute atomic E-state index is 12.0. The van der Waals surface area contributed by atoms with Crippen molar-refractivity contribution in [2.75, 3.05) is 33.0 Å². The van der Waals surface area contributed by atoms with Gasteiger partial charge in [0, 0.05) is 32.2 Å². The first-order valence-corrected chi connectivity index (χ1v) is 11.3. The van der Waals surface area contributed by atoms with Gasteiger partial charge in [-0.15, -0.1) is 0 Å². The molecule has 2 unspecified atom stereocenters. The molecule has 2 amide bonds. The van der Waals surface area contributed by atoms with Gasteiger partial charge in [0.05, 0.1) is 38.8 Å². The Morgan fingerprint density at radius 2 is 1.39 bits per heavy atom. The van der Waals surface area contributed by atoms with E-state index in [1.54, 1.807) is 0 Å². The van der Waals surface area contributed by atoms with Crippen LogP contribution >= 0.6 is 0 Å². The molecular formula is C22H34N2O12. The maximum Gasteiger partial charge on any atom is 0.326 e. The summed E-state index contributed by atoms with van der Waals surface area (Å²) in [7, 11) is 0. The van der Waals surface area contributed by atoms with Crippen molar-refractivity contribution < 1.29 is 58.4 Å². The molecule has 14 heteroatoms. The van der Waals surface area contributed by atoms with Crippen LogP contribution in [0.15, 0.2) is 0 Å². The quantitative estimate of drug-likeness (QED) is 0.0893. The summed E-state index contributed by atoms with van der Waals surface area (Å²) >= 11 is 0. The summed E-state index contributed by atoms with van der Waals surface area (Å²) in [6.45, 7) is 2.68. The lowest BCUT2D eigenvalue weighted by atomic mass is 9.96. The van der Waals surface area contributed by atoms with Crippen LogP contribution in [-0.4, -0.2) is 95.6 Å². The van der Waals surface area contributed by atoms with Gasteiger partial charge < -0.3 is 35.4 Å². The summed E-state index contributed by atoms with van der Waals surface area (Å²) < 4.78 is 10.4. The van der Waals surface area contributed by atoms with Crippen molar-refractivity contribution in [1.82, 2.24) is 10.6 Å². The predicted octanol–water partition coefficient (Wildman–Crippen LogP) is -0.621. The Labute approximate surface area is 207 Å². The van der Waals surface area contributed by atoms with Gasteiger partial charge in [-0.3, -0.25) is 28.8 Å². The molecule has 0 heterocycles. The van der Waals surface area contributed by atoms with E-state index >= 15 is 0 Å². The van der Waals surface area contributed by atoms with Gasteiger partial charge in [-0.25, -0.2) is 4.79 Å². The molecule has 0 aliphatic carbocycles. The van der Waals surface area contributed by atoms with Gasteiger partial charge in [-0.05, 0) is 19.8 Å². The average molecular weight is 519 g/mol. The molecule has 5 N–H and O–H groups in total. The van der Waals surface area contributed by atoms with Crippen LogP contribution in [0, 0.1) is 5.92 Å². The molecule has 36 heavy (non-hydrogen) atoms. The Bertz CT molecular complexity index is 783. The first-order valence-electron chi connectivity index (χ1n) is 11.3. The van der Waals surface area contributed by atoms with Crippen molar-refractivity contribution in [3.05, 3.63) is 0 Å². The fraction of sp³-hybridized carbons (Fsp3) is 0.682. The fourth-order valence-corrected chi connectivity index (χ4v) is 2.80. The van der Waals surface area contributed by atoms with Crippen LogP contribution in [-0.2, 0) is 43.0 Å². The monoisotopic (exact) mass is 518 g/mol. The zero-order valence-corrected chi connectivity index (χ0v) is 20.2. The molecule has 0 aromatic carbocycles. The standard InChI is InChI=1S/C22H34N2O12/c1-14(25)6-8-35-10-11-36-9-7-23-18(27)4-3-17(22(33)34)24-19(28)13-16(26)12-15(21(31)32)2-5-20(29)30/h15,17H,2-13H2,1H3,(H,23,27)(H,24,28)(H,29,30)(H,31,32)(H,33,34). The zero-order chi connectivity index (χ0) is 27.5. The number of carboxylic acids is 3. The van der Waals surface area contributed by atoms with Gasteiger partial charge in [0.2, 0.25) is 11.8 Å². The first-order chi connectivity index (χ1) is 16.9. The summed E-state index contributed by atoms with van der Waals surface area (Å²) in [5.74, 6) is -7.47. The average Bonchev–Trinajstić information content (AvgIpc) is 2.77. The summed E-state index contributed by atoms with van der Waals surface area (Å²) in [6, 6.07) is -1.44. The largest absolute Gasteiger partial charge is 0.481 e. The van der Waals surface area contributed by atoms with Crippen LogP contribution in [0.4, 0.5) is 0 Å². The summed E-state index contributed by atoms with van der Waals surface area (Å²) in [4.78, 5) is 79.8. The molecule has 0 aromatic rings. The molecule has 14 nitrogen and oxygen atoms in total. The second-order valence-electron chi connectivity index (χ2n) is 7.91. The smallest absolute Gasteiger partial charge is 0.326 e. The number of ether oxygens (including phenoxy) is 2. The molecular weight excluding hydrogens is 484 g/mol. The summed E-state index contributed by atoms with van der Waals surface area (Å²) in [5.41, 5.74) is 0. The predicted molar refractivity (Wildman–Crippen MR) is 121 cm³/mol. The minimum Gasteiger partial charge on any atom is -0.481 e. The van der Waals surface area contributed by atoms with Gasteiger partial charge in [-0.2, -0.15) is 0 Å².